The van der Waals surface area contributed by atoms with Gasteiger partial charge in [-0.2, -0.15) is 36.1 Å². The summed E-state index contributed by atoms with van der Waals surface area (Å²) in [6.07, 6.45) is -1.75. The van der Waals surface area contributed by atoms with Crippen molar-refractivity contribution in [3.63, 3.8) is 0 Å². The molecule has 0 aliphatic carbocycles. The van der Waals surface area contributed by atoms with Gasteiger partial charge in [0, 0.05) is 0 Å². The van der Waals surface area contributed by atoms with Gasteiger partial charge in [-0.15, -0.1) is 0 Å². The van der Waals surface area contributed by atoms with Crippen molar-refractivity contribution in [3.8, 4) is 0 Å². The molecule has 0 spiro atoms. The lowest BCUT2D eigenvalue weighted by atomic mass is 10.2. The number of aliphatic hydroxyl groups excluding tert-OH is 1. The molecule has 3 aromatic rings. The number of fused-ring (bicyclic) bond motifs is 1. The molecule has 0 aliphatic heterocycles. The van der Waals surface area contributed by atoms with E-state index in [1.807, 2.05) is 12.1 Å². The molecule has 3 rings (SSSR count). The van der Waals surface area contributed by atoms with E-state index in [1.54, 1.807) is 36.4 Å². The molecule has 1 aromatic heterocycles. The average molecular weight is 745 g/mol. The third-order valence-corrected chi connectivity index (χ3v) is 5.33. The SMILES string of the molecule is C.C=CC(F)(F)C(=O)C(=O)OCC.C=CC(F)(F)C(O)C(=O)OCC.C=CC(F)(F)c1nc2ccccc2[nH]c1=O.Nc1ccccc1N.[3H]P([3H])[3H]. The van der Waals surface area contributed by atoms with Gasteiger partial charge in [-0.05, 0) is 56.3 Å². The van der Waals surface area contributed by atoms with Crippen LogP contribution in [0.25, 0.3) is 11.0 Å². The first-order valence-corrected chi connectivity index (χ1v) is 13.5. The van der Waals surface area contributed by atoms with Gasteiger partial charge >= 0.3 is 35.5 Å². The molecule has 6 N–H and O–H groups in total. The zero-order valence-electron chi connectivity index (χ0n) is 29.2. The Labute approximate surface area is 291 Å². The zero-order chi connectivity index (χ0) is 40.9. The van der Waals surface area contributed by atoms with Crippen molar-refractivity contribution < 1.29 is 55.3 Å². The number of anilines is 2. The summed E-state index contributed by atoms with van der Waals surface area (Å²) in [5.41, 5.74) is 11.1. The highest BCUT2D eigenvalue weighted by Crippen LogP contribution is 2.25. The zero-order valence-corrected chi connectivity index (χ0v) is 27.1. The van der Waals surface area contributed by atoms with Gasteiger partial charge in [-0.3, -0.25) is 9.59 Å². The van der Waals surface area contributed by atoms with Gasteiger partial charge in [0.2, 0.25) is 6.10 Å². The van der Waals surface area contributed by atoms with Gasteiger partial charge < -0.3 is 31.0 Å². The number of ketones is 1. The summed E-state index contributed by atoms with van der Waals surface area (Å²) in [6.45, 7) is 11.2. The summed E-state index contributed by atoms with van der Waals surface area (Å²) in [6, 6.07) is 13.7. The topological polar surface area (TPSA) is 188 Å². The number of nitrogens with zero attached hydrogens (tertiary/aromatic N) is 1. The molecule has 1 atom stereocenters. The summed E-state index contributed by atoms with van der Waals surface area (Å²) < 4.78 is 102. The van der Waals surface area contributed by atoms with Crippen molar-refractivity contribution >= 4 is 49.9 Å². The van der Waals surface area contributed by atoms with Crippen LogP contribution in [0.2, 0.25) is 0 Å². The Hall–Kier alpha value is -5.02. The molecule has 18 heteroatoms. The number of alkyl halides is 6. The average Bonchev–Trinajstić information content (AvgIpc) is 3.09. The van der Waals surface area contributed by atoms with Crippen molar-refractivity contribution in [2.75, 3.05) is 24.7 Å². The van der Waals surface area contributed by atoms with Crippen LogP contribution in [0.3, 0.4) is 0 Å². The molecule has 278 valence electrons. The lowest BCUT2D eigenvalue weighted by molar-refractivity contribution is -0.168. The Kier molecular flexibility index (Phi) is 19.4. The first kappa shape index (κ1) is 43.0. The lowest BCUT2D eigenvalue weighted by Gasteiger charge is -2.16. The van der Waals surface area contributed by atoms with Crippen molar-refractivity contribution in [2.24, 2.45) is 0 Å². The molecular weight excluding hydrogens is 697 g/mol. The third kappa shape index (κ3) is 15.5. The minimum Gasteiger partial charge on any atom is -0.464 e. The maximum Gasteiger partial charge on any atom is 0.381 e. The molecular formula is C32H41F6N4O7P. The number of aromatic amines is 1. The van der Waals surface area contributed by atoms with E-state index in [-0.39, 0.29) is 32.8 Å². The minimum atomic E-state index is -3.83. The monoisotopic (exact) mass is 744 g/mol. The second-order valence-electron chi connectivity index (χ2n) is 8.80. The maximum absolute atomic E-state index is 13.3. The van der Waals surface area contributed by atoms with Crippen LogP contribution < -0.4 is 17.0 Å². The Morgan fingerprint density at radius 2 is 1.42 bits per heavy atom. The first-order valence-electron chi connectivity index (χ1n) is 14.8. The van der Waals surface area contributed by atoms with Crippen LogP contribution in [-0.2, 0) is 29.8 Å². The van der Waals surface area contributed by atoms with Gasteiger partial charge in [-0.25, -0.2) is 14.6 Å². The second-order valence-corrected chi connectivity index (χ2v) is 8.80. The lowest BCUT2D eigenvalue weighted by Crippen LogP contribution is -2.39. The number of H-pyrrole nitrogens is 1. The molecule has 0 bridgehead atoms. The number of benzene rings is 2. The molecule has 2 aromatic carbocycles. The van der Waals surface area contributed by atoms with E-state index < -0.39 is 62.6 Å². The fourth-order valence-corrected chi connectivity index (χ4v) is 2.78. The van der Waals surface area contributed by atoms with Crippen molar-refractivity contribution in [1.82, 2.24) is 9.97 Å². The van der Waals surface area contributed by atoms with E-state index >= 15 is 0 Å². The number of aromatic nitrogens is 2. The van der Waals surface area contributed by atoms with Gasteiger partial charge in [0.25, 0.3) is 5.56 Å². The number of nitrogen functional groups attached to an aromatic ring is 2. The largest absolute Gasteiger partial charge is 0.464 e. The molecule has 0 radical (unpaired) electrons. The van der Waals surface area contributed by atoms with E-state index in [9.17, 15) is 45.5 Å². The van der Waals surface area contributed by atoms with Crippen LogP contribution in [0.4, 0.5) is 37.7 Å². The molecule has 0 aliphatic rings. The number of hydrogen-bond acceptors (Lipinski definition) is 10. The standard InChI is InChI=1S/C11H8F2N2O.C7H10F2O3.C7H8F2O3.C6H8N2.CH4.H3P/c1-2-11(12,13)9-10(16)15-8-6-4-3-5-7(8)14-9;2*1-3-7(8,9)5(10)6(11)12-4-2;7-5-3-1-2-4-6(5)8;;/h2-6H,1H2,(H,15,16);3,5,10H,1,4H2,2H3;3H,1,4H2,2H3;1-4H,7-8H2;1H4;1H3/i;;;;;1T3. The second kappa shape index (κ2) is 22.6. The molecule has 0 saturated carbocycles. The Bertz CT molecular complexity index is 1680. The van der Waals surface area contributed by atoms with Gasteiger partial charge in [0.15, 0.2) is 5.69 Å². The van der Waals surface area contributed by atoms with Crippen LogP contribution >= 0.6 is 9.73 Å². The summed E-state index contributed by atoms with van der Waals surface area (Å²) in [5.74, 6) is -15.7. The number of ether oxygens (including phenoxy) is 2. The van der Waals surface area contributed by atoms with Crippen molar-refractivity contribution in [2.45, 2.75) is 45.1 Å². The summed E-state index contributed by atoms with van der Waals surface area (Å²) in [5, 5.41) is 8.68. The van der Waals surface area contributed by atoms with E-state index in [4.69, 9.17) is 20.4 Å². The van der Waals surface area contributed by atoms with Crippen LogP contribution in [0.15, 0.2) is 91.3 Å². The highest BCUT2D eigenvalue weighted by Gasteiger charge is 2.42. The summed E-state index contributed by atoms with van der Waals surface area (Å²) >= 11 is 0. The predicted octanol–water partition coefficient (Wildman–Crippen LogP) is 5.42. The number of nitrogens with one attached hydrogen (secondary N) is 1. The van der Waals surface area contributed by atoms with Crippen LogP contribution in [0.1, 0.15) is 27.0 Å². The summed E-state index contributed by atoms with van der Waals surface area (Å²) in [7, 11) is -1.87. The van der Waals surface area contributed by atoms with E-state index in [0.717, 1.165) is 0 Å². The number of aliphatic hydroxyl groups is 1. The number of para-hydroxylation sites is 4. The number of hydrogen-bond donors (Lipinski definition) is 4. The Morgan fingerprint density at radius 3 is 1.84 bits per heavy atom. The minimum absolute atomic E-state index is 0. The van der Waals surface area contributed by atoms with Crippen molar-refractivity contribution in [1.29, 1.82) is 3.84 Å². The fraction of sp³-hybridized carbons (Fsp3) is 0.281. The maximum atomic E-state index is 13.3. The van der Waals surface area contributed by atoms with Gasteiger partial charge in [0.1, 0.15) is 0 Å². The quantitative estimate of drug-likeness (QED) is 0.0522. The van der Waals surface area contributed by atoms with Gasteiger partial charge in [-0.1, -0.05) is 51.4 Å². The third-order valence-electron chi connectivity index (χ3n) is 5.33. The highest BCUT2D eigenvalue weighted by atomic mass is 31.0. The Morgan fingerprint density at radius 1 is 0.940 bits per heavy atom. The number of esters is 2. The molecule has 50 heavy (non-hydrogen) atoms. The smallest absolute Gasteiger partial charge is 0.381 e. The van der Waals surface area contributed by atoms with Crippen LogP contribution in [0, 0.1) is 0 Å². The molecule has 0 amide bonds. The van der Waals surface area contributed by atoms with Crippen molar-refractivity contribution in [3.05, 3.63) is 103 Å². The van der Waals surface area contributed by atoms with Crippen LogP contribution in [0.5, 0.6) is 0 Å². The number of carbonyl (C=O) groups is 3. The van der Waals surface area contributed by atoms with E-state index in [1.165, 1.54) is 13.8 Å². The van der Waals surface area contributed by atoms with Gasteiger partial charge in [0.05, 0.1) is 39.5 Å². The Balaban J connectivity index is -0.000000618. The number of allylic oxidation sites excluding steroid dienone is 2. The summed E-state index contributed by atoms with van der Waals surface area (Å²) in [4.78, 5) is 48.9. The number of halogens is 6. The first-order chi connectivity index (χ1) is 24.0. The number of carbonyl (C=O) groups excluding carboxylic acids is 3. The van der Waals surface area contributed by atoms with E-state index in [2.05, 4.69) is 39.2 Å². The molecule has 1 heterocycles. The van der Waals surface area contributed by atoms with Crippen LogP contribution in [-0.4, -0.2) is 67.8 Å². The predicted molar refractivity (Wildman–Crippen MR) is 184 cm³/mol. The fourth-order valence-electron chi connectivity index (χ4n) is 2.78. The molecule has 0 saturated heterocycles. The molecule has 1 unspecified atom stereocenters. The normalized spacial score (nSPS) is 11.8. The number of nitrogens with two attached hydrogens (primary N) is 2. The highest BCUT2D eigenvalue weighted by molar-refractivity contribution is 6.92. The molecule has 11 nitrogen and oxygen atoms in total. The number of rotatable bonds is 10. The number of Topliss-reactive ketones (excluding diaryl/α,β-unsaturated/α-hetero) is 1. The molecule has 0 fully saturated rings. The van der Waals surface area contributed by atoms with E-state index in [0.29, 0.717) is 28.5 Å².